The van der Waals surface area contributed by atoms with E-state index >= 15 is 0 Å². The van der Waals surface area contributed by atoms with Crippen LogP contribution in [0.15, 0.2) is 54.7 Å². The molecule has 4 rings (SSSR count). The lowest BCUT2D eigenvalue weighted by atomic mass is 10.1. The number of halogens is 1. The molecule has 1 saturated heterocycles. The highest BCUT2D eigenvalue weighted by Gasteiger charge is 2.18. The van der Waals surface area contributed by atoms with Gasteiger partial charge in [0.05, 0.1) is 18.3 Å². The number of piperidine rings is 1. The number of aliphatic hydroxyl groups is 1. The molecule has 1 aromatic heterocycles. The van der Waals surface area contributed by atoms with Crippen LogP contribution in [0.25, 0.3) is 22.6 Å². The first kappa shape index (κ1) is 24.6. The standard InChI is InChI=1S/C28H34ClN3O2/c1-20(2)15-26(34)18-32-19-27(30-28(32)23-5-3-6-24(29)16-23)22-10-8-21(9-11-22)12-14-31-13-4-7-25(33)17-31/h3,5-6,8-11,16,19-20,25,33H,4,7,12-15,17-18H2,1-2H3. The summed E-state index contributed by atoms with van der Waals surface area (Å²) in [6.07, 6.45) is 5.27. The van der Waals surface area contributed by atoms with Gasteiger partial charge in [0, 0.05) is 41.9 Å². The van der Waals surface area contributed by atoms with Gasteiger partial charge in [-0.1, -0.05) is 61.8 Å². The summed E-state index contributed by atoms with van der Waals surface area (Å²) in [6, 6.07) is 16.1. The number of carbonyl (C=O) groups excluding carboxylic acids is 1. The lowest BCUT2D eigenvalue weighted by Crippen LogP contribution is -2.39. The SMILES string of the molecule is CC(C)CC(=O)Cn1cc(-c2ccc(CCN3CCCC(O)C3)cc2)nc1-c1cccc(Cl)c1. The zero-order valence-corrected chi connectivity index (χ0v) is 20.8. The Morgan fingerprint density at radius 2 is 1.97 bits per heavy atom. The number of hydrogen-bond donors (Lipinski definition) is 1. The second-order valence-corrected chi connectivity index (χ2v) is 10.2. The maximum atomic E-state index is 12.6. The van der Waals surface area contributed by atoms with Crippen molar-refractivity contribution in [3.8, 4) is 22.6 Å². The van der Waals surface area contributed by atoms with Crippen LogP contribution >= 0.6 is 11.6 Å². The van der Waals surface area contributed by atoms with Crippen molar-refractivity contribution in [1.82, 2.24) is 14.5 Å². The number of carbonyl (C=O) groups is 1. The van der Waals surface area contributed by atoms with Crippen LogP contribution in [0.2, 0.25) is 5.02 Å². The average Bonchev–Trinajstić information content (AvgIpc) is 3.21. The van der Waals surface area contributed by atoms with Gasteiger partial charge in [0.15, 0.2) is 5.78 Å². The lowest BCUT2D eigenvalue weighted by molar-refractivity contribution is -0.120. The normalized spacial score (nSPS) is 16.8. The molecule has 2 aromatic carbocycles. The fourth-order valence-electron chi connectivity index (χ4n) is 4.61. The van der Waals surface area contributed by atoms with Crippen LogP contribution in [0.5, 0.6) is 0 Å². The van der Waals surface area contributed by atoms with Gasteiger partial charge < -0.3 is 14.6 Å². The number of β-amino-alcohol motifs (C(OH)–C–C–N with tert-alkyl or cyclic N) is 1. The minimum Gasteiger partial charge on any atom is -0.392 e. The van der Waals surface area contributed by atoms with Gasteiger partial charge in [0.25, 0.3) is 0 Å². The molecular formula is C28H34ClN3O2. The Bertz CT molecular complexity index is 1110. The number of rotatable bonds is 9. The molecule has 1 fully saturated rings. The molecule has 1 atom stereocenters. The van der Waals surface area contributed by atoms with Crippen molar-refractivity contribution in [1.29, 1.82) is 0 Å². The highest BCUT2D eigenvalue weighted by Crippen LogP contribution is 2.27. The van der Waals surface area contributed by atoms with Crippen LogP contribution in [0.4, 0.5) is 0 Å². The predicted octanol–water partition coefficient (Wildman–Crippen LogP) is 5.48. The number of nitrogens with zero attached hydrogens (tertiary/aromatic N) is 3. The van der Waals surface area contributed by atoms with Crippen molar-refractivity contribution in [2.45, 2.75) is 52.2 Å². The molecule has 0 aliphatic carbocycles. The predicted molar refractivity (Wildman–Crippen MR) is 138 cm³/mol. The van der Waals surface area contributed by atoms with E-state index in [4.69, 9.17) is 16.6 Å². The number of aromatic nitrogens is 2. The molecule has 0 amide bonds. The molecule has 1 N–H and O–H groups in total. The molecule has 5 nitrogen and oxygen atoms in total. The molecule has 0 radical (unpaired) electrons. The smallest absolute Gasteiger partial charge is 0.152 e. The van der Waals surface area contributed by atoms with Crippen molar-refractivity contribution in [2.75, 3.05) is 19.6 Å². The number of imidazole rings is 1. The molecule has 0 saturated carbocycles. The van der Waals surface area contributed by atoms with Gasteiger partial charge in [-0.15, -0.1) is 0 Å². The van der Waals surface area contributed by atoms with Crippen LogP contribution < -0.4 is 0 Å². The second-order valence-electron chi connectivity index (χ2n) is 9.77. The third-order valence-electron chi connectivity index (χ3n) is 6.29. The molecule has 6 heteroatoms. The summed E-state index contributed by atoms with van der Waals surface area (Å²) >= 11 is 6.24. The van der Waals surface area contributed by atoms with Crippen molar-refractivity contribution < 1.29 is 9.90 Å². The molecule has 180 valence electrons. The van der Waals surface area contributed by atoms with E-state index in [-0.39, 0.29) is 11.9 Å². The maximum Gasteiger partial charge on any atom is 0.152 e. The molecule has 34 heavy (non-hydrogen) atoms. The van der Waals surface area contributed by atoms with E-state index in [1.807, 2.05) is 35.0 Å². The molecule has 1 unspecified atom stereocenters. The first-order valence-corrected chi connectivity index (χ1v) is 12.6. The summed E-state index contributed by atoms with van der Waals surface area (Å²) in [6.45, 7) is 7.22. The molecule has 0 spiro atoms. The van der Waals surface area contributed by atoms with E-state index in [1.54, 1.807) is 0 Å². The van der Waals surface area contributed by atoms with Gasteiger partial charge in [0.2, 0.25) is 0 Å². The van der Waals surface area contributed by atoms with Crippen LogP contribution in [0, 0.1) is 5.92 Å². The van der Waals surface area contributed by atoms with Gasteiger partial charge in [-0.3, -0.25) is 4.79 Å². The van der Waals surface area contributed by atoms with Crippen molar-refractivity contribution in [3.05, 3.63) is 65.3 Å². The Hall–Kier alpha value is -2.47. The van der Waals surface area contributed by atoms with Gasteiger partial charge in [0.1, 0.15) is 5.82 Å². The highest BCUT2D eigenvalue weighted by molar-refractivity contribution is 6.30. The van der Waals surface area contributed by atoms with E-state index < -0.39 is 0 Å². The zero-order chi connectivity index (χ0) is 24.1. The van der Waals surface area contributed by atoms with E-state index in [2.05, 4.69) is 43.0 Å². The third kappa shape index (κ3) is 6.56. The Kier molecular flexibility index (Phi) is 8.19. The average molecular weight is 480 g/mol. The van der Waals surface area contributed by atoms with Crippen LogP contribution in [0.3, 0.4) is 0 Å². The van der Waals surface area contributed by atoms with E-state index in [0.29, 0.717) is 23.9 Å². The summed E-state index contributed by atoms with van der Waals surface area (Å²) < 4.78 is 1.95. The number of likely N-dealkylation sites (tertiary alicyclic amines) is 1. The van der Waals surface area contributed by atoms with Crippen molar-refractivity contribution in [2.24, 2.45) is 5.92 Å². The molecular weight excluding hydrogens is 446 g/mol. The van der Waals surface area contributed by atoms with Crippen LogP contribution in [0.1, 0.15) is 38.7 Å². The van der Waals surface area contributed by atoms with E-state index in [1.165, 1.54) is 5.56 Å². The quantitative estimate of drug-likeness (QED) is 0.441. The summed E-state index contributed by atoms with van der Waals surface area (Å²) in [5, 5.41) is 10.5. The Balaban J connectivity index is 1.52. The minimum atomic E-state index is -0.188. The number of benzene rings is 2. The Morgan fingerprint density at radius 1 is 1.18 bits per heavy atom. The van der Waals surface area contributed by atoms with Crippen molar-refractivity contribution in [3.63, 3.8) is 0 Å². The fourth-order valence-corrected chi connectivity index (χ4v) is 4.80. The summed E-state index contributed by atoms with van der Waals surface area (Å²) in [5.74, 6) is 1.27. The summed E-state index contributed by atoms with van der Waals surface area (Å²) in [4.78, 5) is 19.8. The largest absolute Gasteiger partial charge is 0.392 e. The summed E-state index contributed by atoms with van der Waals surface area (Å²) in [5.41, 5.74) is 4.04. The number of aliphatic hydroxyl groups excluding tert-OH is 1. The Labute approximate surface area is 207 Å². The maximum absolute atomic E-state index is 12.6. The summed E-state index contributed by atoms with van der Waals surface area (Å²) in [7, 11) is 0. The van der Waals surface area contributed by atoms with Crippen LogP contribution in [-0.4, -0.2) is 51.1 Å². The zero-order valence-electron chi connectivity index (χ0n) is 20.1. The number of ketones is 1. The van der Waals surface area contributed by atoms with Crippen LogP contribution in [-0.2, 0) is 17.8 Å². The molecule has 1 aliphatic heterocycles. The first-order valence-electron chi connectivity index (χ1n) is 12.2. The highest BCUT2D eigenvalue weighted by atomic mass is 35.5. The number of Topliss-reactive ketones (excluding diaryl/α,β-unsaturated/α-hetero) is 1. The van der Waals surface area contributed by atoms with Gasteiger partial charge in [-0.2, -0.15) is 0 Å². The van der Waals surface area contributed by atoms with E-state index in [0.717, 1.165) is 61.5 Å². The van der Waals surface area contributed by atoms with Gasteiger partial charge >= 0.3 is 0 Å². The number of hydrogen-bond acceptors (Lipinski definition) is 4. The van der Waals surface area contributed by atoms with Gasteiger partial charge in [-0.05, 0) is 49.4 Å². The monoisotopic (exact) mass is 479 g/mol. The van der Waals surface area contributed by atoms with E-state index in [9.17, 15) is 9.90 Å². The topological polar surface area (TPSA) is 58.4 Å². The Morgan fingerprint density at radius 3 is 2.68 bits per heavy atom. The minimum absolute atomic E-state index is 0.188. The van der Waals surface area contributed by atoms with Gasteiger partial charge in [-0.25, -0.2) is 4.98 Å². The first-order chi connectivity index (χ1) is 16.4. The van der Waals surface area contributed by atoms with Crippen molar-refractivity contribution >= 4 is 17.4 Å². The molecule has 0 bridgehead atoms. The molecule has 3 aromatic rings. The third-order valence-corrected chi connectivity index (χ3v) is 6.52. The lowest BCUT2D eigenvalue weighted by Gasteiger charge is -2.29. The fraction of sp³-hybridized carbons (Fsp3) is 0.429. The second kappa shape index (κ2) is 11.3. The molecule has 2 heterocycles. The molecule has 1 aliphatic rings.